The number of benzene rings is 2. The Kier molecular flexibility index (Phi) is 6.94. The van der Waals surface area contributed by atoms with E-state index in [1.54, 1.807) is 14.2 Å². The number of rotatable bonds is 8. The van der Waals surface area contributed by atoms with Crippen molar-refractivity contribution in [3.63, 3.8) is 0 Å². The summed E-state index contributed by atoms with van der Waals surface area (Å²) in [4.78, 5) is 15.0. The summed E-state index contributed by atoms with van der Waals surface area (Å²) in [5, 5.41) is 10.1. The van der Waals surface area contributed by atoms with Crippen LogP contribution in [0.1, 0.15) is 40.9 Å². The molecule has 2 aromatic carbocycles. The van der Waals surface area contributed by atoms with Gasteiger partial charge in [-0.05, 0) is 74.1 Å². The number of ether oxygens (including phenoxy) is 2. The lowest BCUT2D eigenvalue weighted by molar-refractivity contribution is 0.102. The van der Waals surface area contributed by atoms with Crippen LogP contribution in [0.5, 0.6) is 11.5 Å². The fourth-order valence-electron chi connectivity index (χ4n) is 4.01. The highest BCUT2D eigenvalue weighted by Crippen LogP contribution is 2.24. The lowest BCUT2D eigenvalue weighted by Gasteiger charge is -2.28. The summed E-state index contributed by atoms with van der Waals surface area (Å²) >= 11 is 0. The Morgan fingerprint density at radius 2 is 1.66 bits per heavy atom. The van der Waals surface area contributed by atoms with Gasteiger partial charge in [-0.2, -0.15) is 5.10 Å². The minimum atomic E-state index is -0.161. The smallest absolute Gasteiger partial charge is 0.256 e. The highest BCUT2D eigenvalue weighted by Gasteiger charge is 2.13. The number of nitrogens with zero attached hydrogens (tertiary/aromatic N) is 2. The Balaban J connectivity index is 1.33. The quantitative estimate of drug-likeness (QED) is 0.547. The van der Waals surface area contributed by atoms with Crippen molar-refractivity contribution in [2.24, 2.45) is 0 Å². The standard InChI is InChI=1S/C25H30N4O3/c1-31-22-14-18(15-23(17-22)32-2)6-9-20-16-24(28-27-20)26-25(30)19-7-10-21(11-8-19)29-12-4-3-5-13-29/h7-8,10-11,14-17H,3-6,9,12-13H2,1-2H3,(H2,26,27,28,30). The zero-order chi connectivity index (χ0) is 22.3. The Morgan fingerprint density at radius 1 is 0.969 bits per heavy atom. The van der Waals surface area contributed by atoms with Gasteiger partial charge in [-0.15, -0.1) is 0 Å². The molecule has 1 fully saturated rings. The van der Waals surface area contributed by atoms with Gasteiger partial charge in [-0.25, -0.2) is 0 Å². The van der Waals surface area contributed by atoms with E-state index in [1.165, 1.54) is 24.9 Å². The van der Waals surface area contributed by atoms with E-state index < -0.39 is 0 Å². The molecule has 32 heavy (non-hydrogen) atoms. The van der Waals surface area contributed by atoms with Gasteiger partial charge in [0.25, 0.3) is 5.91 Å². The summed E-state index contributed by atoms with van der Waals surface area (Å²) < 4.78 is 10.7. The first-order chi connectivity index (χ1) is 15.6. The molecule has 1 amide bonds. The van der Waals surface area contributed by atoms with Gasteiger partial charge in [0.2, 0.25) is 0 Å². The van der Waals surface area contributed by atoms with Crippen LogP contribution in [-0.2, 0) is 12.8 Å². The summed E-state index contributed by atoms with van der Waals surface area (Å²) in [6.07, 6.45) is 5.31. The van der Waals surface area contributed by atoms with Crippen LogP contribution in [0.25, 0.3) is 0 Å². The molecular formula is C25H30N4O3. The van der Waals surface area contributed by atoms with Crippen molar-refractivity contribution in [3.05, 3.63) is 65.4 Å². The Morgan fingerprint density at radius 3 is 2.31 bits per heavy atom. The van der Waals surface area contributed by atoms with Crippen LogP contribution >= 0.6 is 0 Å². The number of methoxy groups -OCH3 is 2. The predicted molar refractivity (Wildman–Crippen MR) is 126 cm³/mol. The lowest BCUT2D eigenvalue weighted by atomic mass is 10.1. The van der Waals surface area contributed by atoms with Crippen LogP contribution < -0.4 is 19.7 Å². The molecule has 168 valence electrons. The normalized spacial score (nSPS) is 13.6. The number of amides is 1. The van der Waals surface area contributed by atoms with Crippen LogP contribution in [0, 0.1) is 0 Å². The third-order valence-corrected chi connectivity index (χ3v) is 5.82. The number of carbonyl (C=O) groups is 1. The van der Waals surface area contributed by atoms with Crippen molar-refractivity contribution in [1.29, 1.82) is 0 Å². The maximum Gasteiger partial charge on any atom is 0.256 e. The molecule has 2 heterocycles. The molecule has 1 saturated heterocycles. The third kappa shape index (κ3) is 5.41. The molecule has 7 nitrogen and oxygen atoms in total. The molecule has 1 aliphatic rings. The number of anilines is 2. The SMILES string of the molecule is COc1cc(CCc2cc(NC(=O)c3ccc(N4CCCCC4)cc3)n[nH]2)cc(OC)c1. The zero-order valence-corrected chi connectivity index (χ0v) is 18.7. The van der Waals surface area contributed by atoms with Gasteiger partial charge >= 0.3 is 0 Å². The van der Waals surface area contributed by atoms with Crippen molar-refractivity contribution >= 4 is 17.4 Å². The molecule has 0 atom stereocenters. The Hall–Kier alpha value is -3.48. The van der Waals surface area contributed by atoms with Crippen molar-refractivity contribution in [3.8, 4) is 11.5 Å². The van der Waals surface area contributed by atoms with E-state index in [9.17, 15) is 4.79 Å². The summed E-state index contributed by atoms with van der Waals surface area (Å²) in [5.41, 5.74) is 3.86. The number of aromatic nitrogens is 2. The van der Waals surface area contributed by atoms with Gasteiger partial charge in [-0.1, -0.05) is 0 Å². The minimum absolute atomic E-state index is 0.161. The number of hydrogen-bond acceptors (Lipinski definition) is 5. The van der Waals surface area contributed by atoms with Crippen molar-refractivity contribution in [1.82, 2.24) is 10.2 Å². The van der Waals surface area contributed by atoms with Gasteiger partial charge in [0.15, 0.2) is 5.82 Å². The maximum absolute atomic E-state index is 12.6. The fourth-order valence-corrected chi connectivity index (χ4v) is 4.01. The van der Waals surface area contributed by atoms with Gasteiger partial charge < -0.3 is 19.7 Å². The zero-order valence-electron chi connectivity index (χ0n) is 18.7. The first-order valence-corrected chi connectivity index (χ1v) is 11.1. The van der Waals surface area contributed by atoms with Crippen molar-refractivity contribution in [2.45, 2.75) is 32.1 Å². The highest BCUT2D eigenvalue weighted by atomic mass is 16.5. The largest absolute Gasteiger partial charge is 0.497 e. The molecule has 0 saturated carbocycles. The maximum atomic E-state index is 12.6. The summed E-state index contributed by atoms with van der Waals surface area (Å²) in [6, 6.07) is 15.5. The van der Waals surface area contributed by atoms with Crippen LogP contribution in [0.4, 0.5) is 11.5 Å². The van der Waals surface area contributed by atoms with E-state index in [2.05, 4.69) is 20.4 Å². The second kappa shape index (κ2) is 10.2. The molecule has 2 N–H and O–H groups in total. The monoisotopic (exact) mass is 434 g/mol. The van der Waals surface area contributed by atoms with Gasteiger partial charge in [0, 0.05) is 42.2 Å². The van der Waals surface area contributed by atoms with Crippen LogP contribution in [-0.4, -0.2) is 43.4 Å². The van der Waals surface area contributed by atoms with Crippen LogP contribution in [0.15, 0.2) is 48.5 Å². The molecule has 1 aromatic heterocycles. The number of aryl methyl sites for hydroxylation is 2. The van der Waals surface area contributed by atoms with Crippen LogP contribution in [0.3, 0.4) is 0 Å². The Labute approximate surface area is 188 Å². The van der Waals surface area contributed by atoms with Crippen LogP contribution in [0.2, 0.25) is 0 Å². The second-order valence-corrected chi connectivity index (χ2v) is 8.05. The van der Waals surface area contributed by atoms with Gasteiger partial charge in [-0.3, -0.25) is 9.89 Å². The average Bonchev–Trinajstić information content (AvgIpc) is 3.30. The second-order valence-electron chi connectivity index (χ2n) is 8.05. The number of carbonyl (C=O) groups excluding carboxylic acids is 1. The average molecular weight is 435 g/mol. The molecule has 0 bridgehead atoms. The topological polar surface area (TPSA) is 79.5 Å². The molecular weight excluding hydrogens is 404 g/mol. The molecule has 1 aliphatic heterocycles. The first-order valence-electron chi connectivity index (χ1n) is 11.1. The first kappa shape index (κ1) is 21.7. The Bertz CT molecular complexity index is 1020. The number of aromatic amines is 1. The van der Waals surface area contributed by atoms with Gasteiger partial charge in [0.05, 0.1) is 14.2 Å². The lowest BCUT2D eigenvalue weighted by Crippen LogP contribution is -2.29. The summed E-state index contributed by atoms with van der Waals surface area (Å²) in [7, 11) is 3.28. The predicted octanol–water partition coefficient (Wildman–Crippen LogP) is 4.45. The van der Waals surface area contributed by atoms with Gasteiger partial charge in [0.1, 0.15) is 11.5 Å². The molecule has 0 radical (unpaired) electrons. The molecule has 0 aliphatic carbocycles. The molecule has 0 unspecified atom stereocenters. The highest BCUT2D eigenvalue weighted by molar-refractivity contribution is 6.03. The summed E-state index contributed by atoms with van der Waals surface area (Å²) in [6.45, 7) is 2.17. The molecule has 3 aromatic rings. The number of nitrogens with one attached hydrogen (secondary N) is 2. The molecule has 0 spiro atoms. The number of piperidine rings is 1. The van der Waals surface area contributed by atoms with E-state index in [4.69, 9.17) is 9.47 Å². The third-order valence-electron chi connectivity index (χ3n) is 5.82. The van der Waals surface area contributed by atoms with E-state index in [-0.39, 0.29) is 5.91 Å². The van der Waals surface area contributed by atoms with E-state index in [1.807, 2.05) is 48.5 Å². The van der Waals surface area contributed by atoms with E-state index in [0.29, 0.717) is 11.4 Å². The minimum Gasteiger partial charge on any atom is -0.497 e. The van der Waals surface area contributed by atoms with E-state index in [0.717, 1.165) is 48.7 Å². The van der Waals surface area contributed by atoms with E-state index >= 15 is 0 Å². The molecule has 7 heteroatoms. The summed E-state index contributed by atoms with van der Waals surface area (Å²) in [5.74, 6) is 1.89. The number of H-pyrrole nitrogens is 1. The molecule has 4 rings (SSSR count). The fraction of sp³-hybridized carbons (Fsp3) is 0.360. The number of hydrogen-bond donors (Lipinski definition) is 2. The van der Waals surface area contributed by atoms with Crippen molar-refractivity contribution in [2.75, 3.05) is 37.5 Å². The van der Waals surface area contributed by atoms with Crippen molar-refractivity contribution < 1.29 is 14.3 Å².